The third-order valence-electron chi connectivity index (χ3n) is 5.01. The van der Waals surface area contributed by atoms with Gasteiger partial charge in [0.05, 0.1) is 6.10 Å². The Labute approximate surface area is 154 Å². The molecule has 1 N–H and O–H groups in total. The maximum Gasteiger partial charge on any atom is 0.411 e. The Morgan fingerprint density at radius 1 is 1.19 bits per heavy atom. The van der Waals surface area contributed by atoms with Crippen molar-refractivity contribution in [3.63, 3.8) is 0 Å². The Bertz CT molecular complexity index is 654. The molecular weight excluding hydrogens is 334 g/mol. The van der Waals surface area contributed by atoms with Gasteiger partial charge in [0.1, 0.15) is 18.2 Å². The number of benzene rings is 1. The molecule has 142 valence electrons. The van der Waals surface area contributed by atoms with Crippen molar-refractivity contribution in [2.45, 2.75) is 70.4 Å². The Morgan fingerprint density at radius 3 is 2.50 bits per heavy atom. The lowest BCUT2D eigenvalue weighted by Crippen LogP contribution is -2.65. The summed E-state index contributed by atoms with van der Waals surface area (Å²) in [4.78, 5) is 27.0. The molecule has 1 aliphatic carbocycles. The lowest BCUT2D eigenvalue weighted by atomic mass is 9.73. The Balaban J connectivity index is 1.76. The summed E-state index contributed by atoms with van der Waals surface area (Å²) in [6.45, 7) is 5.53. The molecule has 3 fully saturated rings. The van der Waals surface area contributed by atoms with Crippen LogP contribution in [0, 0.1) is 5.92 Å². The largest absolute Gasteiger partial charge is 0.459 e. The van der Waals surface area contributed by atoms with Gasteiger partial charge in [-0.1, -0.05) is 30.3 Å². The number of amides is 1. The van der Waals surface area contributed by atoms with Gasteiger partial charge in [-0.15, -0.1) is 0 Å². The number of hydrogen-bond donors (Lipinski definition) is 1. The molecule has 3 aliphatic rings. The quantitative estimate of drug-likeness (QED) is 0.838. The second-order valence-corrected chi connectivity index (χ2v) is 8.12. The summed E-state index contributed by atoms with van der Waals surface area (Å²) in [5, 5.41) is 10.3. The number of esters is 1. The van der Waals surface area contributed by atoms with E-state index < -0.39 is 29.8 Å². The number of aliphatic hydroxyl groups excluding tert-OH is 1. The number of rotatable bonds is 3. The summed E-state index contributed by atoms with van der Waals surface area (Å²) >= 11 is 0. The van der Waals surface area contributed by atoms with E-state index in [1.807, 2.05) is 30.3 Å². The summed E-state index contributed by atoms with van der Waals surface area (Å²) in [5.41, 5.74) is 0.233. The highest BCUT2D eigenvalue weighted by molar-refractivity contribution is 5.83. The van der Waals surface area contributed by atoms with Gasteiger partial charge >= 0.3 is 12.1 Å². The predicted octanol–water partition coefficient (Wildman–Crippen LogP) is 2.88. The number of aliphatic hydroxyl groups is 1. The SMILES string of the molecule is CC(C)(C)OC(=O)N1C(C(=O)OCc2ccccc2)[C@@H]2CC[C@H]1C[C@@H]2O. The molecule has 1 saturated carbocycles. The van der Waals surface area contributed by atoms with E-state index in [2.05, 4.69) is 0 Å². The average molecular weight is 361 g/mol. The predicted molar refractivity (Wildman–Crippen MR) is 95.2 cm³/mol. The van der Waals surface area contributed by atoms with Crippen molar-refractivity contribution in [2.75, 3.05) is 0 Å². The zero-order valence-corrected chi connectivity index (χ0v) is 15.6. The molecule has 0 radical (unpaired) electrons. The molecule has 1 aromatic carbocycles. The maximum atomic E-state index is 12.8. The molecule has 0 spiro atoms. The molecule has 0 aromatic heterocycles. The van der Waals surface area contributed by atoms with E-state index in [0.29, 0.717) is 12.8 Å². The third-order valence-corrected chi connectivity index (χ3v) is 5.01. The van der Waals surface area contributed by atoms with Crippen LogP contribution in [0.25, 0.3) is 0 Å². The number of nitrogens with zero attached hydrogens (tertiary/aromatic N) is 1. The van der Waals surface area contributed by atoms with Crippen LogP contribution in [0.15, 0.2) is 30.3 Å². The minimum Gasteiger partial charge on any atom is -0.459 e. The molecule has 1 aromatic rings. The molecular formula is C20H27NO5. The fraction of sp³-hybridized carbons (Fsp3) is 0.600. The summed E-state index contributed by atoms with van der Waals surface area (Å²) in [7, 11) is 0. The van der Waals surface area contributed by atoms with Crippen molar-refractivity contribution in [1.29, 1.82) is 0 Å². The fourth-order valence-electron chi connectivity index (χ4n) is 3.88. The first kappa shape index (κ1) is 18.7. The van der Waals surface area contributed by atoms with Gasteiger partial charge in [-0.2, -0.15) is 0 Å². The summed E-state index contributed by atoms with van der Waals surface area (Å²) < 4.78 is 11.0. The molecule has 2 saturated heterocycles. The van der Waals surface area contributed by atoms with Gasteiger partial charge < -0.3 is 14.6 Å². The second-order valence-electron chi connectivity index (χ2n) is 8.12. The van der Waals surface area contributed by atoms with E-state index in [9.17, 15) is 14.7 Å². The summed E-state index contributed by atoms with van der Waals surface area (Å²) in [5.74, 6) is -0.788. The highest BCUT2D eigenvalue weighted by Gasteiger charge is 2.53. The van der Waals surface area contributed by atoms with Crippen LogP contribution in [0.1, 0.15) is 45.6 Å². The van der Waals surface area contributed by atoms with E-state index in [1.165, 1.54) is 4.90 Å². The first-order valence-electron chi connectivity index (χ1n) is 9.16. The number of hydrogen-bond acceptors (Lipinski definition) is 5. The van der Waals surface area contributed by atoms with Gasteiger partial charge in [0.15, 0.2) is 0 Å². The van der Waals surface area contributed by atoms with Gasteiger partial charge in [0.2, 0.25) is 0 Å². The minimum absolute atomic E-state index is 0.145. The van der Waals surface area contributed by atoms with Crippen molar-refractivity contribution in [2.24, 2.45) is 5.92 Å². The molecule has 6 heteroatoms. The second kappa shape index (κ2) is 7.27. The van der Waals surface area contributed by atoms with Crippen molar-refractivity contribution in [1.82, 2.24) is 4.90 Å². The maximum absolute atomic E-state index is 12.8. The number of fused-ring (bicyclic) bond motifs is 3. The van der Waals surface area contributed by atoms with E-state index in [1.54, 1.807) is 20.8 Å². The zero-order valence-electron chi connectivity index (χ0n) is 15.6. The minimum atomic E-state index is -0.795. The van der Waals surface area contributed by atoms with E-state index in [-0.39, 0.29) is 18.6 Å². The first-order valence-corrected chi connectivity index (χ1v) is 9.16. The van der Waals surface area contributed by atoms with Crippen LogP contribution in [-0.4, -0.2) is 45.9 Å². The molecule has 6 nitrogen and oxygen atoms in total. The van der Waals surface area contributed by atoms with Gasteiger partial charge in [-0.25, -0.2) is 9.59 Å². The number of carbonyl (C=O) groups is 2. The van der Waals surface area contributed by atoms with Crippen LogP contribution >= 0.6 is 0 Å². The molecule has 4 atom stereocenters. The normalized spacial score (nSPS) is 27.9. The lowest BCUT2D eigenvalue weighted by Gasteiger charge is -2.51. The van der Waals surface area contributed by atoms with Crippen LogP contribution in [0.2, 0.25) is 0 Å². The monoisotopic (exact) mass is 361 g/mol. The topological polar surface area (TPSA) is 76.1 Å². The van der Waals surface area contributed by atoms with Crippen molar-refractivity contribution >= 4 is 12.1 Å². The van der Waals surface area contributed by atoms with Crippen molar-refractivity contribution in [3.05, 3.63) is 35.9 Å². The standard InChI is InChI=1S/C20H27NO5/c1-20(2,3)26-19(24)21-14-9-10-15(16(22)11-14)17(21)18(23)25-12-13-7-5-4-6-8-13/h4-8,14-17,22H,9-12H2,1-3H3/t14-,15+,16-,17?/m0/s1. The molecule has 2 aliphatic heterocycles. The first-order chi connectivity index (χ1) is 12.3. The third kappa shape index (κ3) is 4.01. The van der Waals surface area contributed by atoms with Crippen molar-refractivity contribution < 1.29 is 24.2 Å². The van der Waals surface area contributed by atoms with Crippen LogP contribution in [0.3, 0.4) is 0 Å². The summed E-state index contributed by atoms with van der Waals surface area (Å²) in [6.07, 6.45) is 0.842. The molecule has 2 bridgehead atoms. The fourth-order valence-corrected chi connectivity index (χ4v) is 3.88. The number of piperidine rings is 2. The highest BCUT2D eigenvalue weighted by Crippen LogP contribution is 2.41. The Morgan fingerprint density at radius 2 is 1.88 bits per heavy atom. The van der Waals surface area contributed by atoms with Crippen LogP contribution < -0.4 is 0 Å². The Hall–Kier alpha value is -2.08. The van der Waals surface area contributed by atoms with E-state index >= 15 is 0 Å². The number of carbonyl (C=O) groups excluding carboxylic acids is 2. The molecule has 1 unspecified atom stereocenters. The Kier molecular flexibility index (Phi) is 5.23. The van der Waals surface area contributed by atoms with Crippen molar-refractivity contribution in [3.8, 4) is 0 Å². The van der Waals surface area contributed by atoms with Gasteiger partial charge in [-0.3, -0.25) is 4.90 Å². The van der Waals surface area contributed by atoms with E-state index in [0.717, 1.165) is 12.0 Å². The molecule has 4 rings (SSSR count). The molecule has 2 heterocycles. The van der Waals surface area contributed by atoms with Crippen LogP contribution in [-0.2, 0) is 20.9 Å². The van der Waals surface area contributed by atoms with Crippen LogP contribution in [0.4, 0.5) is 4.79 Å². The smallest absolute Gasteiger partial charge is 0.411 e. The lowest BCUT2D eigenvalue weighted by molar-refractivity contribution is -0.167. The van der Waals surface area contributed by atoms with Gasteiger partial charge in [0.25, 0.3) is 0 Å². The molecule has 26 heavy (non-hydrogen) atoms. The summed E-state index contributed by atoms with van der Waals surface area (Å²) in [6, 6.07) is 8.41. The van der Waals surface area contributed by atoms with Crippen LogP contribution in [0.5, 0.6) is 0 Å². The molecule has 1 amide bonds. The average Bonchev–Trinajstić information content (AvgIpc) is 2.58. The van der Waals surface area contributed by atoms with Gasteiger partial charge in [-0.05, 0) is 45.6 Å². The van der Waals surface area contributed by atoms with E-state index in [4.69, 9.17) is 9.47 Å². The van der Waals surface area contributed by atoms with Gasteiger partial charge in [0, 0.05) is 12.0 Å². The zero-order chi connectivity index (χ0) is 18.9. The highest BCUT2D eigenvalue weighted by atomic mass is 16.6. The number of ether oxygens (including phenoxy) is 2.